The Morgan fingerprint density at radius 2 is 0.700 bits per heavy atom. The Morgan fingerprint density at radius 1 is 0.360 bits per heavy atom. The highest BCUT2D eigenvalue weighted by Gasteiger charge is 2.10. The van der Waals surface area contributed by atoms with E-state index in [9.17, 15) is 10.2 Å². The van der Waals surface area contributed by atoms with Gasteiger partial charge in [0.2, 0.25) is 23.8 Å². The molecule has 4 aromatic carbocycles. The van der Waals surface area contributed by atoms with Crippen LogP contribution >= 0.6 is 0 Å². The predicted molar refractivity (Wildman–Crippen MR) is 196 cm³/mol. The fourth-order valence-electron chi connectivity index (χ4n) is 5.18. The maximum absolute atomic E-state index is 9.58. The molecule has 2 aromatic heterocycles. The van der Waals surface area contributed by atoms with Crippen LogP contribution in [-0.2, 0) is 25.7 Å². The van der Waals surface area contributed by atoms with E-state index < -0.39 is 0 Å². The van der Waals surface area contributed by atoms with Crippen LogP contribution in [0, 0.1) is 0 Å². The first-order chi connectivity index (χ1) is 24.5. The highest BCUT2D eigenvalue weighted by atomic mass is 16.3. The Bertz CT molecular complexity index is 1780. The van der Waals surface area contributed by atoms with E-state index in [0.29, 0.717) is 74.5 Å². The second kappa shape index (κ2) is 17.2. The van der Waals surface area contributed by atoms with Gasteiger partial charge in [0, 0.05) is 39.0 Å². The molecular weight excluding hydrogens is 628 g/mol. The van der Waals surface area contributed by atoms with Crippen LogP contribution in [0.1, 0.15) is 33.9 Å². The molecule has 2 heterocycles. The Labute approximate surface area is 291 Å². The molecule has 6 N–H and O–H groups in total. The summed E-state index contributed by atoms with van der Waals surface area (Å²) in [6, 6.07) is 34.5. The van der Waals surface area contributed by atoms with Crippen LogP contribution in [0.15, 0.2) is 109 Å². The number of benzene rings is 4. The first kappa shape index (κ1) is 33.6. The van der Waals surface area contributed by atoms with E-state index >= 15 is 0 Å². The van der Waals surface area contributed by atoms with Crippen molar-refractivity contribution >= 4 is 23.8 Å². The normalized spacial score (nSPS) is 10.8. The maximum Gasteiger partial charge on any atom is 0.227 e. The van der Waals surface area contributed by atoms with Crippen molar-refractivity contribution in [2.45, 2.75) is 25.7 Å². The van der Waals surface area contributed by atoms with E-state index in [0.717, 1.165) is 35.1 Å². The number of nitrogens with zero attached hydrogens (tertiary/aromatic N) is 6. The number of aromatic hydroxyl groups is 2. The van der Waals surface area contributed by atoms with E-state index in [1.165, 1.54) is 0 Å². The molecule has 50 heavy (non-hydrogen) atoms. The Kier molecular flexibility index (Phi) is 11.6. The van der Waals surface area contributed by atoms with Crippen LogP contribution in [0.3, 0.4) is 0 Å². The van der Waals surface area contributed by atoms with Crippen LogP contribution in [0.25, 0.3) is 0 Å². The SMILES string of the molecule is Oc1ccc(CCNc2nc(Cc3ccccc3)nc(NCCNc3nc(Cc4ccccc4)nc(NCCc4ccc(O)cc4)n3)n2)cc1. The number of anilines is 4. The van der Waals surface area contributed by atoms with Gasteiger partial charge in [0.15, 0.2) is 0 Å². The largest absolute Gasteiger partial charge is 0.508 e. The summed E-state index contributed by atoms with van der Waals surface area (Å²) in [6.45, 7) is 2.25. The highest BCUT2D eigenvalue weighted by molar-refractivity contribution is 5.39. The molecule has 0 spiro atoms. The second-order valence-electron chi connectivity index (χ2n) is 11.7. The van der Waals surface area contributed by atoms with E-state index in [1.54, 1.807) is 24.3 Å². The lowest BCUT2D eigenvalue weighted by atomic mass is 10.1. The lowest BCUT2D eigenvalue weighted by Gasteiger charge is -2.12. The van der Waals surface area contributed by atoms with Gasteiger partial charge in [-0.15, -0.1) is 0 Å². The highest BCUT2D eigenvalue weighted by Crippen LogP contribution is 2.15. The molecule has 0 fully saturated rings. The Hall–Kier alpha value is -6.30. The van der Waals surface area contributed by atoms with Crippen LogP contribution in [-0.4, -0.2) is 66.3 Å². The maximum atomic E-state index is 9.58. The summed E-state index contributed by atoms with van der Waals surface area (Å²) in [5, 5.41) is 32.5. The first-order valence-electron chi connectivity index (χ1n) is 16.6. The minimum Gasteiger partial charge on any atom is -0.508 e. The topological polar surface area (TPSA) is 166 Å². The molecule has 0 amide bonds. The average molecular weight is 669 g/mol. The number of aromatic nitrogens is 6. The summed E-state index contributed by atoms with van der Waals surface area (Å²) >= 11 is 0. The molecule has 0 aliphatic rings. The molecule has 0 atom stereocenters. The van der Waals surface area contributed by atoms with Gasteiger partial charge in [-0.1, -0.05) is 84.9 Å². The third kappa shape index (κ3) is 10.6. The molecule has 12 nitrogen and oxygen atoms in total. The predicted octanol–water partition coefficient (Wildman–Crippen LogP) is 5.48. The summed E-state index contributed by atoms with van der Waals surface area (Å²) in [4.78, 5) is 28.0. The third-order valence-corrected chi connectivity index (χ3v) is 7.73. The van der Waals surface area contributed by atoms with Gasteiger partial charge in [0.05, 0.1) is 0 Å². The summed E-state index contributed by atoms with van der Waals surface area (Å²) in [5.41, 5.74) is 4.41. The van der Waals surface area contributed by atoms with Gasteiger partial charge in [-0.3, -0.25) is 0 Å². The van der Waals surface area contributed by atoms with E-state index in [4.69, 9.17) is 9.97 Å². The molecule has 0 radical (unpaired) electrons. The number of phenolic OH excluding ortho intramolecular Hbond substituents is 2. The van der Waals surface area contributed by atoms with Gasteiger partial charge in [0.25, 0.3) is 0 Å². The van der Waals surface area contributed by atoms with Crippen molar-refractivity contribution in [3.8, 4) is 11.5 Å². The van der Waals surface area contributed by atoms with Gasteiger partial charge in [-0.2, -0.15) is 29.9 Å². The zero-order valence-electron chi connectivity index (χ0n) is 27.6. The van der Waals surface area contributed by atoms with Crippen LogP contribution in [0.2, 0.25) is 0 Å². The molecule has 254 valence electrons. The molecule has 0 saturated carbocycles. The van der Waals surface area contributed by atoms with E-state index in [-0.39, 0.29) is 11.5 Å². The lowest BCUT2D eigenvalue weighted by Crippen LogP contribution is -2.19. The van der Waals surface area contributed by atoms with Crippen molar-refractivity contribution in [3.63, 3.8) is 0 Å². The molecule has 12 heteroatoms. The molecule has 0 aliphatic heterocycles. The monoisotopic (exact) mass is 668 g/mol. The summed E-state index contributed by atoms with van der Waals surface area (Å²) in [5.74, 6) is 3.72. The summed E-state index contributed by atoms with van der Waals surface area (Å²) in [6.07, 6.45) is 2.64. The number of rotatable bonds is 17. The number of hydrogen-bond donors (Lipinski definition) is 6. The lowest BCUT2D eigenvalue weighted by molar-refractivity contribution is 0.474. The molecule has 6 aromatic rings. The zero-order chi connectivity index (χ0) is 34.4. The zero-order valence-corrected chi connectivity index (χ0v) is 27.6. The number of phenols is 2. The molecular formula is C38H40N10O2. The fourth-order valence-corrected chi connectivity index (χ4v) is 5.18. The molecule has 6 rings (SSSR count). The van der Waals surface area contributed by atoms with Crippen molar-refractivity contribution in [1.29, 1.82) is 0 Å². The molecule has 0 bridgehead atoms. The smallest absolute Gasteiger partial charge is 0.227 e. The van der Waals surface area contributed by atoms with Crippen LogP contribution < -0.4 is 21.3 Å². The number of nitrogens with one attached hydrogen (secondary N) is 4. The Morgan fingerprint density at radius 3 is 1.06 bits per heavy atom. The number of hydrogen-bond acceptors (Lipinski definition) is 12. The second-order valence-corrected chi connectivity index (χ2v) is 11.7. The van der Waals surface area contributed by atoms with Crippen molar-refractivity contribution in [2.24, 2.45) is 0 Å². The molecule has 0 unspecified atom stereocenters. The van der Waals surface area contributed by atoms with Gasteiger partial charge >= 0.3 is 0 Å². The van der Waals surface area contributed by atoms with Crippen molar-refractivity contribution in [3.05, 3.63) is 143 Å². The minimum atomic E-state index is 0.247. The average Bonchev–Trinajstić information content (AvgIpc) is 3.13. The van der Waals surface area contributed by atoms with Gasteiger partial charge in [-0.25, -0.2) is 0 Å². The van der Waals surface area contributed by atoms with E-state index in [2.05, 4.69) is 65.5 Å². The first-order valence-corrected chi connectivity index (χ1v) is 16.6. The van der Waals surface area contributed by atoms with Crippen LogP contribution in [0.5, 0.6) is 11.5 Å². The minimum absolute atomic E-state index is 0.247. The Balaban J connectivity index is 1.09. The van der Waals surface area contributed by atoms with Crippen LogP contribution in [0.4, 0.5) is 23.8 Å². The summed E-state index contributed by atoms with van der Waals surface area (Å²) < 4.78 is 0. The van der Waals surface area contributed by atoms with Gasteiger partial charge in [0.1, 0.15) is 23.1 Å². The van der Waals surface area contributed by atoms with E-state index in [1.807, 2.05) is 60.7 Å². The quantitative estimate of drug-likeness (QED) is 0.0679. The standard InChI is InChI=1S/C38H40N10O2/c49-31-15-11-27(12-16-31)19-21-39-35-43-33(25-29-7-3-1-4-8-29)45-37(47-35)41-23-24-42-38-46-34(26-30-9-5-2-6-10-30)44-36(48-38)40-22-20-28-13-17-32(50)18-14-28/h1-18,49-50H,19-26H2,(H2,39,41,43,45,47)(H2,40,42,44,46,48). The van der Waals surface area contributed by atoms with Crippen molar-refractivity contribution in [1.82, 2.24) is 29.9 Å². The third-order valence-electron chi connectivity index (χ3n) is 7.73. The van der Waals surface area contributed by atoms with Gasteiger partial charge < -0.3 is 31.5 Å². The van der Waals surface area contributed by atoms with Crippen molar-refractivity contribution in [2.75, 3.05) is 47.4 Å². The van der Waals surface area contributed by atoms with Crippen molar-refractivity contribution < 1.29 is 10.2 Å². The molecule has 0 saturated heterocycles. The van der Waals surface area contributed by atoms with Gasteiger partial charge in [-0.05, 0) is 59.4 Å². The molecule has 0 aliphatic carbocycles. The fraction of sp³-hybridized carbons (Fsp3) is 0.211. The summed E-state index contributed by atoms with van der Waals surface area (Å²) in [7, 11) is 0.